The Morgan fingerprint density at radius 1 is 1.15 bits per heavy atom. The van der Waals surface area contributed by atoms with Gasteiger partial charge in [-0.2, -0.15) is 23.0 Å². The maximum Gasteiger partial charge on any atom is 0.417 e. The molecule has 8 nitrogen and oxygen atoms in total. The summed E-state index contributed by atoms with van der Waals surface area (Å²) in [6, 6.07) is 5.51. The van der Waals surface area contributed by atoms with Gasteiger partial charge in [-0.1, -0.05) is 11.6 Å². The van der Waals surface area contributed by atoms with Gasteiger partial charge in [-0.25, -0.2) is 9.97 Å². The lowest BCUT2D eigenvalue weighted by atomic mass is 9.95. The largest absolute Gasteiger partial charge is 0.417 e. The molecule has 1 N–H and O–H groups in total. The number of nitrogens with one attached hydrogen (secondary N) is 1. The normalized spacial score (nSPS) is 14.8. The minimum Gasteiger partial charge on any atom is -0.369 e. The first-order valence-corrected chi connectivity index (χ1v) is 10.8. The number of amides is 1. The molecule has 0 unspecified atom stereocenters. The summed E-state index contributed by atoms with van der Waals surface area (Å²) < 4.78 is 39.1. The number of aryl methyl sites for hydroxylation is 1. The highest BCUT2D eigenvalue weighted by molar-refractivity contribution is 6.33. The number of aromatic nitrogens is 4. The van der Waals surface area contributed by atoms with Crippen LogP contribution in [-0.4, -0.2) is 38.7 Å². The van der Waals surface area contributed by atoms with Crippen molar-refractivity contribution in [1.82, 2.24) is 19.7 Å². The van der Waals surface area contributed by atoms with Crippen LogP contribution < -0.4 is 15.8 Å². The van der Waals surface area contributed by atoms with E-state index in [1.807, 2.05) is 17.9 Å². The van der Waals surface area contributed by atoms with E-state index in [1.54, 1.807) is 12.3 Å². The van der Waals surface area contributed by atoms with Crippen LogP contribution in [0.25, 0.3) is 5.82 Å². The number of carbonyl (C=O) groups is 1. The van der Waals surface area contributed by atoms with Crippen molar-refractivity contribution in [3.63, 3.8) is 0 Å². The molecule has 0 bridgehead atoms. The lowest BCUT2D eigenvalue weighted by Gasteiger charge is -2.33. The molecular formula is C22H20ClF3N6O2. The van der Waals surface area contributed by atoms with Crippen LogP contribution in [0.15, 0.2) is 47.7 Å². The number of pyridine rings is 2. The highest BCUT2D eigenvalue weighted by atomic mass is 35.5. The summed E-state index contributed by atoms with van der Waals surface area (Å²) in [5.41, 5.74) is -0.244. The fourth-order valence-electron chi connectivity index (χ4n) is 3.70. The van der Waals surface area contributed by atoms with E-state index in [-0.39, 0.29) is 22.7 Å². The monoisotopic (exact) mass is 492 g/mol. The average Bonchev–Trinajstić information content (AvgIpc) is 2.80. The van der Waals surface area contributed by atoms with Crippen LogP contribution in [0, 0.1) is 12.8 Å². The van der Waals surface area contributed by atoms with Crippen molar-refractivity contribution in [2.45, 2.75) is 25.9 Å². The SMILES string of the molecule is Cc1ccnc(NC(=O)C2CCN(c3cnn(-c4ccc(C(F)(F)F)cn4)c(=O)c3Cl)CC2)c1. The smallest absolute Gasteiger partial charge is 0.369 e. The molecule has 0 radical (unpaired) electrons. The molecule has 0 aliphatic carbocycles. The Bertz CT molecular complexity index is 1250. The molecule has 12 heteroatoms. The second kappa shape index (κ2) is 9.41. The lowest BCUT2D eigenvalue weighted by Crippen LogP contribution is -2.39. The van der Waals surface area contributed by atoms with Gasteiger partial charge < -0.3 is 10.2 Å². The van der Waals surface area contributed by atoms with Crippen molar-refractivity contribution >= 4 is 29.0 Å². The number of alkyl halides is 3. The number of piperidine rings is 1. The molecule has 4 rings (SSSR count). The predicted molar refractivity (Wildman–Crippen MR) is 120 cm³/mol. The standard InChI is InChI=1S/C22H20ClF3N6O2/c1-13-4-7-27-17(10-13)30-20(33)14-5-8-31(9-6-14)16-12-29-32(21(34)19(16)23)18-3-2-15(11-28-18)22(24,25)26/h2-4,7,10-12,14H,5-6,8-9H2,1H3,(H,27,30,33). The number of rotatable bonds is 4. The molecule has 178 valence electrons. The molecule has 0 atom stereocenters. The molecule has 1 aliphatic heterocycles. The zero-order valence-corrected chi connectivity index (χ0v) is 18.8. The third kappa shape index (κ3) is 5.04. The van der Waals surface area contributed by atoms with Gasteiger partial charge >= 0.3 is 6.18 Å². The second-order valence-corrected chi connectivity index (χ2v) is 8.31. The van der Waals surface area contributed by atoms with Gasteiger partial charge in [0.15, 0.2) is 5.82 Å². The zero-order chi connectivity index (χ0) is 24.5. The lowest BCUT2D eigenvalue weighted by molar-refractivity contribution is -0.137. The first-order valence-electron chi connectivity index (χ1n) is 10.4. The molecule has 1 amide bonds. The molecule has 34 heavy (non-hydrogen) atoms. The maximum atomic E-state index is 12.7. The third-order valence-corrected chi connectivity index (χ3v) is 5.92. The Morgan fingerprint density at radius 2 is 1.88 bits per heavy atom. The van der Waals surface area contributed by atoms with Crippen molar-refractivity contribution < 1.29 is 18.0 Å². The summed E-state index contributed by atoms with van der Waals surface area (Å²) in [7, 11) is 0. The number of hydrogen-bond acceptors (Lipinski definition) is 6. The van der Waals surface area contributed by atoms with Crippen LogP contribution in [0.1, 0.15) is 24.0 Å². The molecule has 0 aromatic carbocycles. The van der Waals surface area contributed by atoms with Gasteiger partial charge in [0.05, 0.1) is 17.4 Å². The van der Waals surface area contributed by atoms with Crippen LogP contribution in [0.2, 0.25) is 5.02 Å². The Balaban J connectivity index is 1.44. The Kier molecular flexibility index (Phi) is 6.56. The summed E-state index contributed by atoms with van der Waals surface area (Å²) >= 11 is 6.30. The Morgan fingerprint density at radius 3 is 2.50 bits per heavy atom. The topological polar surface area (TPSA) is 93.0 Å². The van der Waals surface area contributed by atoms with Crippen molar-refractivity contribution in [2.24, 2.45) is 5.92 Å². The van der Waals surface area contributed by atoms with Crippen LogP contribution in [0.4, 0.5) is 24.7 Å². The van der Waals surface area contributed by atoms with Gasteiger partial charge in [-0.05, 0) is 49.6 Å². The number of hydrogen-bond donors (Lipinski definition) is 1. The highest BCUT2D eigenvalue weighted by Crippen LogP contribution is 2.30. The van der Waals surface area contributed by atoms with Crippen LogP contribution in [0.3, 0.4) is 0 Å². The summed E-state index contributed by atoms with van der Waals surface area (Å²) in [5.74, 6) is 0.0829. The maximum absolute atomic E-state index is 12.7. The molecule has 4 heterocycles. The molecular weight excluding hydrogens is 473 g/mol. The van der Waals surface area contributed by atoms with E-state index in [4.69, 9.17) is 11.6 Å². The van der Waals surface area contributed by atoms with Crippen LogP contribution in [-0.2, 0) is 11.0 Å². The molecule has 0 saturated carbocycles. The molecule has 3 aromatic rings. The quantitative estimate of drug-likeness (QED) is 0.594. The van der Waals surface area contributed by atoms with E-state index in [1.165, 1.54) is 6.20 Å². The fourth-order valence-corrected chi connectivity index (χ4v) is 3.95. The molecule has 1 saturated heterocycles. The molecule has 0 spiro atoms. The Labute approximate surface area is 197 Å². The van der Waals surface area contributed by atoms with Gasteiger partial charge in [-0.15, -0.1) is 0 Å². The average molecular weight is 493 g/mol. The van der Waals surface area contributed by atoms with Crippen molar-refractivity contribution in [1.29, 1.82) is 0 Å². The van der Waals surface area contributed by atoms with Crippen LogP contribution in [0.5, 0.6) is 0 Å². The first-order chi connectivity index (χ1) is 16.1. The number of carbonyl (C=O) groups excluding carboxylic acids is 1. The van der Waals surface area contributed by atoms with Gasteiger partial charge in [0, 0.05) is 31.4 Å². The van der Waals surface area contributed by atoms with Gasteiger partial charge in [0.1, 0.15) is 10.8 Å². The minimum atomic E-state index is -4.54. The van der Waals surface area contributed by atoms with Gasteiger partial charge in [-0.3, -0.25) is 9.59 Å². The zero-order valence-electron chi connectivity index (χ0n) is 18.0. The number of nitrogens with zero attached hydrogens (tertiary/aromatic N) is 5. The summed E-state index contributed by atoms with van der Waals surface area (Å²) in [4.78, 5) is 35.0. The predicted octanol–water partition coefficient (Wildman–Crippen LogP) is 3.86. The van der Waals surface area contributed by atoms with E-state index in [9.17, 15) is 22.8 Å². The van der Waals surface area contributed by atoms with Gasteiger partial charge in [0.2, 0.25) is 5.91 Å². The van der Waals surface area contributed by atoms with E-state index >= 15 is 0 Å². The summed E-state index contributed by atoms with van der Waals surface area (Å²) in [6.45, 7) is 2.86. The number of anilines is 2. The van der Waals surface area contributed by atoms with E-state index in [0.29, 0.717) is 43.6 Å². The summed E-state index contributed by atoms with van der Waals surface area (Å²) in [5, 5.41) is 6.75. The molecule has 1 fully saturated rings. The van der Waals surface area contributed by atoms with Gasteiger partial charge in [0.25, 0.3) is 5.56 Å². The third-order valence-electron chi connectivity index (χ3n) is 5.57. The van der Waals surface area contributed by atoms with Crippen LogP contribution >= 0.6 is 11.6 Å². The van der Waals surface area contributed by atoms with E-state index in [0.717, 1.165) is 22.4 Å². The van der Waals surface area contributed by atoms with Crippen molar-refractivity contribution in [3.8, 4) is 5.82 Å². The minimum absolute atomic E-state index is 0.0772. The van der Waals surface area contributed by atoms with E-state index < -0.39 is 17.3 Å². The molecule has 1 aliphatic rings. The van der Waals surface area contributed by atoms with E-state index in [2.05, 4.69) is 20.4 Å². The first kappa shape index (κ1) is 23.7. The van der Waals surface area contributed by atoms with Crippen molar-refractivity contribution in [2.75, 3.05) is 23.3 Å². The second-order valence-electron chi connectivity index (χ2n) is 7.93. The highest BCUT2D eigenvalue weighted by Gasteiger charge is 2.31. The molecule has 3 aromatic heterocycles. The fraction of sp³-hybridized carbons (Fsp3) is 0.318. The summed E-state index contributed by atoms with van der Waals surface area (Å²) in [6.07, 6.45) is 0.179. The van der Waals surface area contributed by atoms with Crippen molar-refractivity contribution in [3.05, 3.63) is 69.4 Å². The Hall–Kier alpha value is -3.47. The number of halogens is 4.